The largest absolute Gasteiger partial charge is 0.486 e. The lowest BCUT2D eigenvalue weighted by Gasteiger charge is -2.34. The Bertz CT molecular complexity index is 1560. The predicted molar refractivity (Wildman–Crippen MR) is 157 cm³/mol. The van der Waals surface area contributed by atoms with E-state index < -0.39 is 0 Å². The van der Waals surface area contributed by atoms with Crippen LogP contribution in [0.25, 0.3) is 22.0 Å². The zero-order valence-corrected chi connectivity index (χ0v) is 22.0. The lowest BCUT2D eigenvalue weighted by Crippen LogP contribution is -2.44. The van der Waals surface area contributed by atoms with Crippen LogP contribution in [0.1, 0.15) is 5.56 Å². The van der Waals surface area contributed by atoms with Gasteiger partial charge in [-0.3, -0.25) is 4.98 Å². The number of piperazine rings is 1. The molecule has 5 aromatic rings. The Morgan fingerprint density at radius 2 is 1.56 bits per heavy atom. The van der Waals surface area contributed by atoms with E-state index in [1.54, 1.807) is 6.07 Å². The predicted octanol–water partition coefficient (Wildman–Crippen LogP) is 7.12. The van der Waals surface area contributed by atoms with Gasteiger partial charge in [0.25, 0.3) is 0 Å². The van der Waals surface area contributed by atoms with Gasteiger partial charge in [-0.05, 0) is 78.3 Å². The van der Waals surface area contributed by atoms with Crippen LogP contribution in [0.5, 0.6) is 5.75 Å². The van der Waals surface area contributed by atoms with E-state index in [1.807, 2.05) is 60.8 Å². The number of hydrogen-bond donors (Lipinski definition) is 1. The second kappa shape index (κ2) is 11.1. The van der Waals surface area contributed by atoms with Crippen molar-refractivity contribution in [2.45, 2.75) is 6.61 Å². The third-order valence-electron chi connectivity index (χ3n) is 7.26. The van der Waals surface area contributed by atoms with Gasteiger partial charge in [0.15, 0.2) is 11.6 Å². The third kappa shape index (κ3) is 5.71. The lowest BCUT2D eigenvalue weighted by atomic mass is 10.0. The number of nitrogens with one attached hydrogen (secondary N) is 1. The Hall–Kier alpha value is -4.42. The zero-order valence-electron chi connectivity index (χ0n) is 22.0. The SMILES string of the molecule is CN1CCN(c2ccc(Nc3ccnc4ccc(-c5ccc(OCc6ccccc6)c(F)c5)cc34)cc2)CC1. The van der Waals surface area contributed by atoms with Crippen LogP contribution in [0, 0.1) is 5.82 Å². The molecule has 0 bridgehead atoms. The molecule has 1 aromatic heterocycles. The average molecular weight is 519 g/mol. The maximum Gasteiger partial charge on any atom is 0.165 e. The number of rotatable bonds is 7. The van der Waals surface area contributed by atoms with Gasteiger partial charge in [-0.25, -0.2) is 4.39 Å². The first kappa shape index (κ1) is 24.9. The second-order valence-electron chi connectivity index (χ2n) is 9.97. The van der Waals surface area contributed by atoms with E-state index in [0.717, 1.165) is 65.1 Å². The maximum atomic E-state index is 14.9. The van der Waals surface area contributed by atoms with Crippen LogP contribution in [-0.2, 0) is 6.61 Å². The molecule has 1 fully saturated rings. The molecule has 196 valence electrons. The molecule has 1 saturated heterocycles. The molecule has 5 nitrogen and oxygen atoms in total. The summed E-state index contributed by atoms with van der Waals surface area (Å²) in [6.45, 7) is 4.57. The highest BCUT2D eigenvalue weighted by Crippen LogP contribution is 2.32. The molecular weight excluding hydrogens is 487 g/mol. The van der Waals surface area contributed by atoms with Crippen LogP contribution < -0.4 is 15.0 Å². The maximum absolute atomic E-state index is 14.9. The Balaban J connectivity index is 1.20. The molecule has 0 spiro atoms. The van der Waals surface area contributed by atoms with Crippen LogP contribution in [0.15, 0.2) is 103 Å². The first-order valence-corrected chi connectivity index (χ1v) is 13.3. The van der Waals surface area contributed by atoms with Crippen molar-refractivity contribution in [3.8, 4) is 16.9 Å². The molecule has 0 saturated carbocycles. The summed E-state index contributed by atoms with van der Waals surface area (Å²) < 4.78 is 20.7. The van der Waals surface area contributed by atoms with Crippen LogP contribution in [0.3, 0.4) is 0 Å². The molecule has 0 unspecified atom stereocenters. The topological polar surface area (TPSA) is 40.6 Å². The number of likely N-dealkylation sites (N-methyl/N-ethyl adjacent to an activating group) is 1. The molecular formula is C33H31FN4O. The fraction of sp³-hybridized carbons (Fsp3) is 0.182. The summed E-state index contributed by atoms with van der Waals surface area (Å²) in [5, 5.41) is 4.53. The lowest BCUT2D eigenvalue weighted by molar-refractivity contribution is 0.290. The summed E-state index contributed by atoms with van der Waals surface area (Å²) in [6, 6.07) is 31.4. The minimum Gasteiger partial charge on any atom is -0.486 e. The van der Waals surface area contributed by atoms with Crippen molar-refractivity contribution >= 4 is 28.0 Å². The number of nitrogens with zero attached hydrogens (tertiary/aromatic N) is 3. The van der Waals surface area contributed by atoms with E-state index in [2.05, 4.69) is 57.5 Å². The minimum atomic E-state index is -0.381. The Kier molecular flexibility index (Phi) is 7.11. The summed E-state index contributed by atoms with van der Waals surface area (Å²) >= 11 is 0. The highest BCUT2D eigenvalue weighted by atomic mass is 19.1. The fourth-order valence-electron chi connectivity index (χ4n) is 4.94. The van der Waals surface area contributed by atoms with Gasteiger partial charge in [0.1, 0.15) is 6.61 Å². The van der Waals surface area contributed by atoms with E-state index >= 15 is 0 Å². The molecule has 0 aliphatic carbocycles. The van der Waals surface area contributed by atoms with Crippen LogP contribution >= 0.6 is 0 Å². The first-order chi connectivity index (χ1) is 19.1. The van der Waals surface area contributed by atoms with Gasteiger partial charge in [-0.15, -0.1) is 0 Å². The van der Waals surface area contributed by atoms with Gasteiger partial charge in [-0.2, -0.15) is 0 Å². The first-order valence-electron chi connectivity index (χ1n) is 13.3. The molecule has 0 atom stereocenters. The number of pyridine rings is 1. The number of hydrogen-bond acceptors (Lipinski definition) is 5. The van der Waals surface area contributed by atoms with Gasteiger partial charge < -0.3 is 19.9 Å². The van der Waals surface area contributed by atoms with Crippen LogP contribution in [0.4, 0.5) is 21.5 Å². The van der Waals surface area contributed by atoms with Gasteiger partial charge in [-0.1, -0.05) is 42.5 Å². The third-order valence-corrected chi connectivity index (χ3v) is 7.26. The molecule has 4 aromatic carbocycles. The van der Waals surface area contributed by atoms with Crippen molar-refractivity contribution in [3.63, 3.8) is 0 Å². The highest BCUT2D eigenvalue weighted by Gasteiger charge is 2.14. The summed E-state index contributed by atoms with van der Waals surface area (Å²) in [5.74, 6) is -0.138. The number of aromatic nitrogens is 1. The average Bonchev–Trinajstić information content (AvgIpc) is 2.98. The summed E-state index contributed by atoms with van der Waals surface area (Å²) in [5.41, 5.74) is 6.78. The van der Waals surface area contributed by atoms with E-state index in [-0.39, 0.29) is 11.6 Å². The van der Waals surface area contributed by atoms with E-state index in [9.17, 15) is 4.39 Å². The molecule has 1 aliphatic rings. The normalized spacial score (nSPS) is 13.9. The molecule has 6 rings (SSSR count). The molecule has 39 heavy (non-hydrogen) atoms. The number of anilines is 3. The second-order valence-corrected chi connectivity index (χ2v) is 9.97. The van der Waals surface area contributed by atoms with Crippen molar-refractivity contribution < 1.29 is 9.13 Å². The van der Waals surface area contributed by atoms with Gasteiger partial charge in [0.2, 0.25) is 0 Å². The fourth-order valence-corrected chi connectivity index (χ4v) is 4.94. The summed E-state index contributed by atoms with van der Waals surface area (Å²) in [6.07, 6.45) is 1.81. The summed E-state index contributed by atoms with van der Waals surface area (Å²) in [7, 11) is 2.17. The molecule has 1 N–H and O–H groups in total. The number of halogens is 1. The highest BCUT2D eigenvalue weighted by molar-refractivity contribution is 5.95. The molecule has 0 radical (unpaired) electrons. The zero-order chi connectivity index (χ0) is 26.6. The molecule has 0 amide bonds. The smallest absolute Gasteiger partial charge is 0.165 e. The quantitative estimate of drug-likeness (QED) is 0.249. The van der Waals surface area contributed by atoms with Crippen molar-refractivity contribution in [1.29, 1.82) is 0 Å². The van der Waals surface area contributed by atoms with Gasteiger partial charge in [0, 0.05) is 54.8 Å². The van der Waals surface area contributed by atoms with E-state index in [4.69, 9.17) is 4.74 Å². The van der Waals surface area contributed by atoms with Gasteiger partial charge >= 0.3 is 0 Å². The molecule has 1 aliphatic heterocycles. The van der Waals surface area contributed by atoms with E-state index in [1.165, 1.54) is 11.8 Å². The number of ether oxygens (including phenoxy) is 1. The van der Waals surface area contributed by atoms with Crippen LogP contribution in [0.2, 0.25) is 0 Å². The number of fused-ring (bicyclic) bond motifs is 1. The standard InChI is InChI=1S/C33H31FN4O/c1-37-17-19-38(20-18-37)28-11-9-27(10-12-28)36-32-15-16-35-31-13-7-25(21-29(31)32)26-8-14-33(30(34)22-26)39-23-24-5-3-2-4-6-24/h2-16,21-22H,17-20,23H2,1H3,(H,35,36). The van der Waals surface area contributed by atoms with Crippen LogP contribution in [-0.4, -0.2) is 43.1 Å². The van der Waals surface area contributed by atoms with Crippen molar-refractivity contribution in [2.75, 3.05) is 43.4 Å². The molecule has 6 heteroatoms. The van der Waals surface area contributed by atoms with Crippen molar-refractivity contribution in [1.82, 2.24) is 9.88 Å². The molecule has 2 heterocycles. The van der Waals surface area contributed by atoms with Crippen molar-refractivity contribution in [2.24, 2.45) is 0 Å². The van der Waals surface area contributed by atoms with E-state index in [0.29, 0.717) is 6.61 Å². The number of benzene rings is 4. The Labute approximate surface area is 228 Å². The summed E-state index contributed by atoms with van der Waals surface area (Å²) in [4.78, 5) is 9.32. The Morgan fingerprint density at radius 1 is 0.821 bits per heavy atom. The van der Waals surface area contributed by atoms with Crippen molar-refractivity contribution in [3.05, 3.63) is 115 Å². The Morgan fingerprint density at radius 3 is 2.33 bits per heavy atom. The monoisotopic (exact) mass is 518 g/mol. The minimum absolute atomic E-state index is 0.243. The van der Waals surface area contributed by atoms with Gasteiger partial charge in [0.05, 0.1) is 5.52 Å².